The molecule has 10 rings (SSSR count). The lowest BCUT2D eigenvalue weighted by Crippen LogP contribution is -2.28. The highest BCUT2D eigenvalue weighted by molar-refractivity contribution is 6.10. The van der Waals surface area contributed by atoms with Crippen LogP contribution < -0.4 is 9.80 Å². The van der Waals surface area contributed by atoms with Crippen LogP contribution in [0.25, 0.3) is 43.8 Å². The van der Waals surface area contributed by atoms with E-state index in [9.17, 15) is 0 Å². The standard InChI is InChI=1S/C50H36N2/c1-2-15-35(16-3-1)36-29-31-38(32-30-36)51(46-28-14-18-37-17-4-5-19-39(37)46)50-34-33-41(40-20-6-7-21-42(40)50)43-22-8-11-25-47(43)52-48-26-12-9-23-44(48)45-24-10-13-27-49(45)52/h1-34,44,48H. The molecule has 2 atom stereocenters. The van der Waals surface area contributed by atoms with E-state index < -0.39 is 0 Å². The molecule has 0 spiro atoms. The van der Waals surface area contributed by atoms with Crippen LogP contribution in [0.15, 0.2) is 206 Å². The van der Waals surface area contributed by atoms with Crippen LogP contribution >= 0.6 is 0 Å². The minimum atomic E-state index is 0.231. The van der Waals surface area contributed by atoms with E-state index in [0.29, 0.717) is 5.92 Å². The van der Waals surface area contributed by atoms with Crippen molar-refractivity contribution in [3.05, 3.63) is 212 Å². The van der Waals surface area contributed by atoms with Crippen LogP contribution in [0.1, 0.15) is 11.5 Å². The van der Waals surface area contributed by atoms with E-state index >= 15 is 0 Å². The second kappa shape index (κ2) is 12.6. The summed E-state index contributed by atoms with van der Waals surface area (Å²) in [5, 5.41) is 4.86. The van der Waals surface area contributed by atoms with Gasteiger partial charge < -0.3 is 9.80 Å². The number of benzene rings is 8. The van der Waals surface area contributed by atoms with Crippen LogP contribution in [-0.2, 0) is 0 Å². The van der Waals surface area contributed by atoms with Gasteiger partial charge in [-0.25, -0.2) is 0 Å². The molecular weight excluding hydrogens is 629 g/mol. The first-order valence-electron chi connectivity index (χ1n) is 18.1. The van der Waals surface area contributed by atoms with E-state index in [1.54, 1.807) is 0 Å². The van der Waals surface area contributed by atoms with E-state index in [4.69, 9.17) is 0 Å². The van der Waals surface area contributed by atoms with Gasteiger partial charge in [0.05, 0.1) is 17.4 Å². The molecule has 1 heterocycles. The lowest BCUT2D eigenvalue weighted by atomic mass is 9.91. The molecule has 2 nitrogen and oxygen atoms in total. The molecule has 8 aromatic carbocycles. The fraction of sp³-hybridized carbons (Fsp3) is 0.0400. The van der Waals surface area contributed by atoms with Gasteiger partial charge >= 0.3 is 0 Å². The first-order chi connectivity index (χ1) is 25.8. The summed E-state index contributed by atoms with van der Waals surface area (Å²) in [5.41, 5.74) is 12.2. The Bertz CT molecular complexity index is 2650. The summed E-state index contributed by atoms with van der Waals surface area (Å²) < 4.78 is 0. The molecule has 0 amide bonds. The largest absolute Gasteiger partial charge is 0.333 e. The molecule has 0 N–H and O–H groups in total. The predicted octanol–water partition coefficient (Wildman–Crippen LogP) is 13.5. The number of rotatable bonds is 6. The molecule has 0 bridgehead atoms. The van der Waals surface area contributed by atoms with Gasteiger partial charge in [-0.2, -0.15) is 0 Å². The zero-order valence-electron chi connectivity index (χ0n) is 28.7. The van der Waals surface area contributed by atoms with Gasteiger partial charge in [0.1, 0.15) is 0 Å². The minimum absolute atomic E-state index is 0.231. The maximum Gasteiger partial charge on any atom is 0.0629 e. The first-order valence-corrected chi connectivity index (χ1v) is 18.1. The zero-order valence-corrected chi connectivity index (χ0v) is 28.7. The third-order valence-corrected chi connectivity index (χ3v) is 10.8. The van der Waals surface area contributed by atoms with E-state index in [0.717, 1.165) is 17.1 Å². The van der Waals surface area contributed by atoms with Crippen molar-refractivity contribution < 1.29 is 0 Å². The van der Waals surface area contributed by atoms with Crippen LogP contribution in [0.4, 0.5) is 28.4 Å². The summed E-state index contributed by atoms with van der Waals surface area (Å²) in [5.74, 6) is 0.330. The smallest absolute Gasteiger partial charge is 0.0629 e. The summed E-state index contributed by atoms with van der Waals surface area (Å²) in [6.45, 7) is 0. The number of hydrogen-bond donors (Lipinski definition) is 0. The number of hydrogen-bond acceptors (Lipinski definition) is 2. The van der Waals surface area contributed by atoms with Crippen LogP contribution in [0.5, 0.6) is 0 Å². The van der Waals surface area contributed by atoms with Crippen molar-refractivity contribution in [2.45, 2.75) is 12.0 Å². The lowest BCUT2D eigenvalue weighted by Gasteiger charge is -2.31. The monoisotopic (exact) mass is 664 g/mol. The second-order valence-corrected chi connectivity index (χ2v) is 13.7. The summed E-state index contributed by atoms with van der Waals surface area (Å²) >= 11 is 0. The zero-order chi connectivity index (χ0) is 34.4. The van der Waals surface area contributed by atoms with Crippen LogP contribution in [0.3, 0.4) is 0 Å². The Kier molecular flexibility index (Phi) is 7.32. The first kappa shape index (κ1) is 30.2. The van der Waals surface area contributed by atoms with Crippen molar-refractivity contribution in [3.63, 3.8) is 0 Å². The Balaban J connectivity index is 1.16. The molecule has 2 heteroatoms. The summed E-state index contributed by atoms with van der Waals surface area (Å²) in [7, 11) is 0. The second-order valence-electron chi connectivity index (χ2n) is 13.7. The third kappa shape index (κ3) is 4.95. The van der Waals surface area contributed by atoms with Crippen molar-refractivity contribution in [1.82, 2.24) is 0 Å². The van der Waals surface area contributed by atoms with E-state index in [-0.39, 0.29) is 6.04 Å². The SMILES string of the molecule is C1=CC2c3ccccc3N(c3ccccc3-c3ccc(N(c4ccc(-c5ccccc5)cc4)c4cccc5ccccc45)c4ccccc34)C2C=C1. The van der Waals surface area contributed by atoms with Gasteiger partial charge in [-0.1, -0.05) is 170 Å². The molecule has 0 saturated heterocycles. The van der Waals surface area contributed by atoms with Gasteiger partial charge in [0.2, 0.25) is 0 Å². The summed E-state index contributed by atoms with van der Waals surface area (Å²) in [6.07, 6.45) is 9.09. The minimum Gasteiger partial charge on any atom is -0.333 e. The van der Waals surface area contributed by atoms with Crippen molar-refractivity contribution in [1.29, 1.82) is 0 Å². The fourth-order valence-corrected chi connectivity index (χ4v) is 8.44. The molecule has 246 valence electrons. The molecule has 1 aliphatic heterocycles. The van der Waals surface area contributed by atoms with Gasteiger partial charge in [-0.15, -0.1) is 0 Å². The fourth-order valence-electron chi connectivity index (χ4n) is 8.44. The van der Waals surface area contributed by atoms with E-state index in [1.807, 2.05) is 0 Å². The van der Waals surface area contributed by atoms with Crippen molar-refractivity contribution in [2.75, 3.05) is 9.80 Å². The Morgan fingerprint density at radius 1 is 0.404 bits per heavy atom. The molecule has 0 fully saturated rings. The molecular formula is C50H36N2. The highest BCUT2D eigenvalue weighted by atomic mass is 15.2. The summed E-state index contributed by atoms with van der Waals surface area (Å²) in [6, 6.07) is 66.6. The van der Waals surface area contributed by atoms with Gasteiger partial charge in [0.25, 0.3) is 0 Å². The number of fused-ring (bicyclic) bond motifs is 5. The van der Waals surface area contributed by atoms with Gasteiger partial charge in [-0.3, -0.25) is 0 Å². The third-order valence-electron chi connectivity index (χ3n) is 10.8. The Labute approximate surface area is 304 Å². The number of para-hydroxylation sites is 2. The maximum absolute atomic E-state index is 2.55. The van der Waals surface area contributed by atoms with Crippen LogP contribution in [0.2, 0.25) is 0 Å². The van der Waals surface area contributed by atoms with E-state index in [2.05, 4.69) is 216 Å². The molecule has 2 unspecified atom stereocenters. The number of nitrogens with zero attached hydrogens (tertiary/aromatic N) is 2. The molecule has 8 aromatic rings. The van der Waals surface area contributed by atoms with Crippen LogP contribution in [0, 0.1) is 0 Å². The van der Waals surface area contributed by atoms with Crippen molar-refractivity contribution in [3.8, 4) is 22.3 Å². The highest BCUT2D eigenvalue weighted by Crippen LogP contribution is 2.51. The molecule has 52 heavy (non-hydrogen) atoms. The Hall–Kier alpha value is -6.64. The quantitative estimate of drug-likeness (QED) is 0.175. The van der Waals surface area contributed by atoms with Gasteiger partial charge in [0.15, 0.2) is 0 Å². The molecule has 1 aliphatic carbocycles. The molecule has 0 radical (unpaired) electrons. The number of anilines is 5. The lowest BCUT2D eigenvalue weighted by molar-refractivity contribution is 0.745. The summed E-state index contributed by atoms with van der Waals surface area (Å²) in [4.78, 5) is 4.99. The Morgan fingerprint density at radius 2 is 1.04 bits per heavy atom. The highest BCUT2D eigenvalue weighted by Gasteiger charge is 2.38. The molecule has 2 aliphatic rings. The topological polar surface area (TPSA) is 6.48 Å². The van der Waals surface area contributed by atoms with Gasteiger partial charge in [0, 0.05) is 39.3 Å². The number of allylic oxidation sites excluding steroid dienone is 2. The van der Waals surface area contributed by atoms with Crippen molar-refractivity contribution in [2.24, 2.45) is 0 Å². The van der Waals surface area contributed by atoms with Crippen molar-refractivity contribution >= 4 is 50.0 Å². The van der Waals surface area contributed by atoms with Gasteiger partial charge in [-0.05, 0) is 69.4 Å². The normalized spacial score (nSPS) is 15.9. The van der Waals surface area contributed by atoms with E-state index in [1.165, 1.54) is 60.7 Å². The molecule has 0 saturated carbocycles. The predicted molar refractivity (Wildman–Crippen MR) is 220 cm³/mol. The van der Waals surface area contributed by atoms with Crippen LogP contribution in [-0.4, -0.2) is 6.04 Å². The molecule has 0 aromatic heterocycles. The average molecular weight is 665 g/mol. The maximum atomic E-state index is 2.55. The average Bonchev–Trinajstić information content (AvgIpc) is 3.56. The Morgan fingerprint density at radius 3 is 1.90 bits per heavy atom.